The fraction of sp³-hybridized carbons (Fsp3) is 1.00. The van der Waals surface area contributed by atoms with Crippen LogP contribution in [0, 0.1) is 11.3 Å². The molecule has 1 unspecified atom stereocenters. The van der Waals surface area contributed by atoms with Gasteiger partial charge in [-0.2, -0.15) is 0 Å². The van der Waals surface area contributed by atoms with Crippen LogP contribution >= 0.6 is 0 Å². The van der Waals surface area contributed by atoms with E-state index in [4.69, 9.17) is 0 Å². The molecule has 0 aliphatic heterocycles. The number of hydrogen-bond donors (Lipinski definition) is 0. The largest absolute Gasteiger partial charge is 0.0620 e. The summed E-state index contributed by atoms with van der Waals surface area (Å²) in [5.74, 6) is 1.05. The Bertz CT molecular complexity index is 122. The van der Waals surface area contributed by atoms with E-state index in [0.29, 0.717) is 0 Å². The molecule has 2 saturated carbocycles. The van der Waals surface area contributed by atoms with E-state index in [1.165, 1.54) is 25.7 Å². The molecule has 0 aromatic heterocycles. The zero-order valence-corrected chi connectivity index (χ0v) is 7.03. The third-order valence-electron chi connectivity index (χ3n) is 3.96. The van der Waals surface area contributed by atoms with Gasteiger partial charge in [0.05, 0.1) is 0 Å². The quantitative estimate of drug-likeness (QED) is 0.481. The Morgan fingerprint density at radius 3 is 2.10 bits per heavy atom. The summed E-state index contributed by atoms with van der Waals surface area (Å²) >= 11 is 0. The lowest BCUT2D eigenvalue weighted by molar-refractivity contribution is 0.0171. The standard InChI is InChI=1S/C10H18/c1-9-5-2-3-6-10(9)7-4-8-10/h9H,2-8H2,1H3. The average molecular weight is 138 g/mol. The van der Waals surface area contributed by atoms with E-state index in [2.05, 4.69) is 6.92 Å². The molecule has 1 atom stereocenters. The van der Waals surface area contributed by atoms with Crippen molar-refractivity contribution in [2.75, 3.05) is 0 Å². The summed E-state index contributed by atoms with van der Waals surface area (Å²) in [7, 11) is 0. The Balaban J connectivity index is 2.03. The molecule has 0 radical (unpaired) electrons. The molecule has 0 heteroatoms. The Morgan fingerprint density at radius 1 is 1.00 bits per heavy atom. The van der Waals surface area contributed by atoms with Crippen LogP contribution in [0.1, 0.15) is 51.9 Å². The van der Waals surface area contributed by atoms with E-state index in [0.717, 1.165) is 11.3 Å². The molecule has 0 bridgehead atoms. The smallest absolute Gasteiger partial charge is 0.0272 e. The van der Waals surface area contributed by atoms with Gasteiger partial charge in [0.2, 0.25) is 0 Å². The summed E-state index contributed by atoms with van der Waals surface area (Å²) in [6, 6.07) is 0. The molecule has 2 aliphatic carbocycles. The summed E-state index contributed by atoms with van der Waals surface area (Å²) in [5.41, 5.74) is 0.859. The van der Waals surface area contributed by atoms with Crippen molar-refractivity contribution in [1.82, 2.24) is 0 Å². The molecule has 2 rings (SSSR count). The van der Waals surface area contributed by atoms with Crippen LogP contribution < -0.4 is 0 Å². The van der Waals surface area contributed by atoms with E-state index in [1.54, 1.807) is 19.3 Å². The highest BCUT2D eigenvalue weighted by Crippen LogP contribution is 2.54. The van der Waals surface area contributed by atoms with Crippen LogP contribution in [0.15, 0.2) is 0 Å². The second-order valence-corrected chi connectivity index (χ2v) is 4.36. The van der Waals surface area contributed by atoms with Crippen LogP contribution in [0.5, 0.6) is 0 Å². The summed E-state index contributed by atoms with van der Waals surface area (Å²) in [6.45, 7) is 2.47. The summed E-state index contributed by atoms with van der Waals surface area (Å²) in [6.07, 6.45) is 10.7. The van der Waals surface area contributed by atoms with E-state index in [-0.39, 0.29) is 0 Å². The van der Waals surface area contributed by atoms with Gasteiger partial charge in [-0.05, 0) is 30.6 Å². The second kappa shape index (κ2) is 2.25. The molecular weight excluding hydrogens is 120 g/mol. The third kappa shape index (κ3) is 0.810. The zero-order chi connectivity index (χ0) is 7.03. The topological polar surface area (TPSA) is 0 Å². The fourth-order valence-corrected chi connectivity index (χ4v) is 2.85. The van der Waals surface area contributed by atoms with Gasteiger partial charge in [-0.3, -0.25) is 0 Å². The van der Waals surface area contributed by atoms with Gasteiger partial charge in [-0.25, -0.2) is 0 Å². The lowest BCUT2D eigenvalue weighted by atomic mass is 9.56. The first kappa shape index (κ1) is 6.69. The summed E-state index contributed by atoms with van der Waals surface area (Å²) < 4.78 is 0. The van der Waals surface area contributed by atoms with Crippen molar-refractivity contribution in [3.05, 3.63) is 0 Å². The summed E-state index contributed by atoms with van der Waals surface area (Å²) in [4.78, 5) is 0. The fourth-order valence-electron chi connectivity index (χ4n) is 2.85. The maximum atomic E-state index is 2.47. The van der Waals surface area contributed by atoms with E-state index < -0.39 is 0 Å². The molecule has 1 spiro atoms. The highest BCUT2D eigenvalue weighted by molar-refractivity contribution is 4.93. The monoisotopic (exact) mass is 138 g/mol. The molecular formula is C10H18. The van der Waals surface area contributed by atoms with Gasteiger partial charge in [0.25, 0.3) is 0 Å². The first-order valence-corrected chi connectivity index (χ1v) is 4.83. The van der Waals surface area contributed by atoms with Gasteiger partial charge in [-0.15, -0.1) is 0 Å². The van der Waals surface area contributed by atoms with Crippen molar-refractivity contribution in [3.8, 4) is 0 Å². The molecule has 2 aliphatic rings. The maximum Gasteiger partial charge on any atom is -0.0272 e. The maximum absolute atomic E-state index is 2.47. The van der Waals surface area contributed by atoms with Crippen LogP contribution in [0.2, 0.25) is 0 Å². The predicted octanol–water partition coefficient (Wildman–Crippen LogP) is 3.37. The lowest BCUT2D eigenvalue weighted by Crippen LogP contribution is -2.38. The SMILES string of the molecule is CC1CCCCC12CCC2. The Kier molecular flexibility index (Phi) is 1.51. The van der Waals surface area contributed by atoms with Crippen LogP contribution in [-0.4, -0.2) is 0 Å². The van der Waals surface area contributed by atoms with Gasteiger partial charge >= 0.3 is 0 Å². The van der Waals surface area contributed by atoms with Crippen LogP contribution in [0.3, 0.4) is 0 Å². The van der Waals surface area contributed by atoms with Gasteiger partial charge in [0.15, 0.2) is 0 Å². The molecule has 58 valence electrons. The van der Waals surface area contributed by atoms with Gasteiger partial charge in [0.1, 0.15) is 0 Å². The molecule has 0 amide bonds. The van der Waals surface area contributed by atoms with Crippen molar-refractivity contribution >= 4 is 0 Å². The van der Waals surface area contributed by atoms with Crippen molar-refractivity contribution in [1.29, 1.82) is 0 Å². The van der Waals surface area contributed by atoms with Crippen LogP contribution in [-0.2, 0) is 0 Å². The van der Waals surface area contributed by atoms with Crippen molar-refractivity contribution in [2.45, 2.75) is 51.9 Å². The molecule has 0 heterocycles. The average Bonchev–Trinajstić information content (AvgIpc) is 1.85. The minimum Gasteiger partial charge on any atom is -0.0620 e. The van der Waals surface area contributed by atoms with E-state index in [9.17, 15) is 0 Å². The van der Waals surface area contributed by atoms with Crippen molar-refractivity contribution in [2.24, 2.45) is 11.3 Å². The Hall–Kier alpha value is 0. The third-order valence-corrected chi connectivity index (χ3v) is 3.96. The van der Waals surface area contributed by atoms with Gasteiger partial charge in [-0.1, -0.05) is 32.6 Å². The van der Waals surface area contributed by atoms with Crippen molar-refractivity contribution < 1.29 is 0 Å². The van der Waals surface area contributed by atoms with Crippen LogP contribution in [0.25, 0.3) is 0 Å². The molecule has 0 aromatic rings. The highest BCUT2D eigenvalue weighted by Gasteiger charge is 2.42. The molecule has 0 nitrogen and oxygen atoms in total. The van der Waals surface area contributed by atoms with Crippen LogP contribution in [0.4, 0.5) is 0 Å². The first-order chi connectivity index (χ1) is 4.83. The molecule has 10 heavy (non-hydrogen) atoms. The molecule has 0 aromatic carbocycles. The Labute approximate surface area is 64.0 Å². The number of rotatable bonds is 0. The normalized spacial score (nSPS) is 37.5. The van der Waals surface area contributed by atoms with Gasteiger partial charge < -0.3 is 0 Å². The van der Waals surface area contributed by atoms with Gasteiger partial charge in [0, 0.05) is 0 Å². The summed E-state index contributed by atoms with van der Waals surface area (Å²) in [5, 5.41) is 0. The highest BCUT2D eigenvalue weighted by atomic mass is 14.5. The Morgan fingerprint density at radius 2 is 1.70 bits per heavy atom. The molecule has 0 N–H and O–H groups in total. The minimum absolute atomic E-state index is 0.859. The first-order valence-electron chi connectivity index (χ1n) is 4.83. The lowest BCUT2D eigenvalue weighted by Gasteiger charge is -2.49. The van der Waals surface area contributed by atoms with Crippen molar-refractivity contribution in [3.63, 3.8) is 0 Å². The predicted molar refractivity (Wildman–Crippen MR) is 43.9 cm³/mol. The minimum atomic E-state index is 0.859. The van der Waals surface area contributed by atoms with E-state index >= 15 is 0 Å². The number of hydrogen-bond acceptors (Lipinski definition) is 0. The van der Waals surface area contributed by atoms with E-state index in [1.807, 2.05) is 0 Å². The second-order valence-electron chi connectivity index (χ2n) is 4.36. The zero-order valence-electron chi connectivity index (χ0n) is 7.03. The molecule has 0 saturated heterocycles. The molecule has 2 fully saturated rings.